The Morgan fingerprint density at radius 1 is 1.08 bits per heavy atom. The van der Waals surface area contributed by atoms with E-state index >= 15 is 0 Å². The molecule has 0 amide bonds. The summed E-state index contributed by atoms with van der Waals surface area (Å²) in [5.74, 6) is 0. The number of benzene rings is 2. The van der Waals surface area contributed by atoms with Crippen molar-refractivity contribution >= 4 is 17.1 Å². The van der Waals surface area contributed by atoms with Gasteiger partial charge >= 0.3 is 0 Å². The number of nitrogens with one attached hydrogen (secondary N) is 1. The lowest BCUT2D eigenvalue weighted by Gasteiger charge is -2.06. The molecule has 0 aliphatic rings. The Kier molecular flexibility index (Phi) is 3.67. The number of fused-ring (bicyclic) bond motifs is 1. The maximum absolute atomic E-state index is 4.25. The van der Waals surface area contributed by atoms with E-state index in [0.29, 0.717) is 0 Å². The smallest absolute Gasteiger partial charge is 0.131 e. The Hall–Kier alpha value is -3.21. The van der Waals surface area contributed by atoms with Crippen LogP contribution in [0.15, 0.2) is 65.8 Å². The second-order valence-corrected chi connectivity index (χ2v) is 5.65. The highest BCUT2D eigenvalue weighted by Crippen LogP contribution is 2.25. The molecule has 4 aromatic rings. The zero-order valence-corrected chi connectivity index (χ0v) is 13.3. The van der Waals surface area contributed by atoms with Crippen LogP contribution in [0.1, 0.15) is 11.3 Å². The maximum atomic E-state index is 4.25. The van der Waals surface area contributed by atoms with E-state index in [-0.39, 0.29) is 0 Å². The van der Waals surface area contributed by atoms with Crippen molar-refractivity contribution in [2.45, 2.75) is 6.54 Å². The first kappa shape index (κ1) is 14.4. The van der Waals surface area contributed by atoms with E-state index in [4.69, 9.17) is 0 Å². The molecule has 0 aliphatic heterocycles. The van der Waals surface area contributed by atoms with Crippen molar-refractivity contribution in [2.75, 3.05) is 7.05 Å². The normalized spacial score (nSPS) is 11.5. The quantitative estimate of drug-likeness (QED) is 0.586. The van der Waals surface area contributed by atoms with Gasteiger partial charge in [0.05, 0.1) is 6.21 Å². The van der Waals surface area contributed by atoms with E-state index in [1.54, 1.807) is 13.3 Å². The van der Waals surface area contributed by atoms with Gasteiger partial charge in [-0.2, -0.15) is 15.4 Å². The fourth-order valence-electron chi connectivity index (χ4n) is 2.93. The topological polar surface area (TPSA) is 58.9 Å². The fraction of sp³-hybridized carbons (Fsp3) is 0.105. The molecule has 0 spiro atoms. The molecule has 0 saturated heterocycles. The van der Waals surface area contributed by atoms with Crippen LogP contribution in [0.3, 0.4) is 0 Å². The Labute approximate surface area is 139 Å². The van der Waals surface area contributed by atoms with Crippen LogP contribution in [0.5, 0.6) is 0 Å². The van der Waals surface area contributed by atoms with Gasteiger partial charge in [0.25, 0.3) is 0 Å². The number of aromatic nitrogens is 4. The summed E-state index contributed by atoms with van der Waals surface area (Å²) in [6, 6.07) is 19.0. The summed E-state index contributed by atoms with van der Waals surface area (Å²) in [7, 11) is 1.73. The Morgan fingerprint density at radius 3 is 2.79 bits per heavy atom. The van der Waals surface area contributed by atoms with E-state index in [1.165, 1.54) is 16.5 Å². The summed E-state index contributed by atoms with van der Waals surface area (Å²) < 4.78 is 2.26. The predicted molar refractivity (Wildman–Crippen MR) is 96.4 cm³/mol. The summed E-state index contributed by atoms with van der Waals surface area (Å²) in [4.78, 5) is 4.03. The Balaban J connectivity index is 1.71. The van der Waals surface area contributed by atoms with Gasteiger partial charge in [-0.25, -0.2) is 0 Å². The van der Waals surface area contributed by atoms with Crippen LogP contribution in [-0.4, -0.2) is 33.2 Å². The van der Waals surface area contributed by atoms with E-state index in [9.17, 15) is 0 Å². The summed E-state index contributed by atoms with van der Waals surface area (Å²) >= 11 is 0. The highest BCUT2D eigenvalue weighted by molar-refractivity contribution is 5.90. The van der Waals surface area contributed by atoms with Crippen LogP contribution < -0.4 is 0 Å². The lowest BCUT2D eigenvalue weighted by Crippen LogP contribution is -1.97. The lowest BCUT2D eigenvalue weighted by atomic mass is 10.1. The second kappa shape index (κ2) is 6.12. The third-order valence-electron chi connectivity index (χ3n) is 4.07. The molecule has 0 unspecified atom stereocenters. The largest absolute Gasteiger partial charge is 0.343 e. The van der Waals surface area contributed by atoms with Crippen molar-refractivity contribution < 1.29 is 0 Å². The van der Waals surface area contributed by atoms with Gasteiger partial charge < -0.3 is 4.57 Å². The average molecular weight is 315 g/mol. The summed E-state index contributed by atoms with van der Waals surface area (Å²) in [6.07, 6.45) is 3.84. The number of rotatable bonds is 4. The zero-order chi connectivity index (χ0) is 16.4. The molecule has 0 aliphatic carbocycles. The molecule has 4 rings (SSSR count). The maximum Gasteiger partial charge on any atom is 0.131 e. The van der Waals surface area contributed by atoms with Gasteiger partial charge in [0.2, 0.25) is 0 Å². The molecule has 2 heterocycles. The number of nitrogens with zero attached hydrogens (tertiary/aromatic N) is 4. The second-order valence-electron chi connectivity index (χ2n) is 5.65. The first-order chi connectivity index (χ1) is 11.8. The molecule has 1 N–H and O–H groups in total. The van der Waals surface area contributed by atoms with Crippen molar-refractivity contribution in [3.8, 4) is 11.3 Å². The molecule has 2 aromatic heterocycles. The van der Waals surface area contributed by atoms with Crippen molar-refractivity contribution in [2.24, 2.45) is 4.99 Å². The molecule has 0 radical (unpaired) electrons. The van der Waals surface area contributed by atoms with Gasteiger partial charge in [-0.05, 0) is 23.8 Å². The average Bonchev–Trinajstić information content (AvgIpc) is 3.23. The molecule has 0 fully saturated rings. The minimum Gasteiger partial charge on any atom is -0.343 e. The van der Waals surface area contributed by atoms with Gasteiger partial charge in [-0.3, -0.25) is 4.99 Å². The van der Waals surface area contributed by atoms with Crippen molar-refractivity contribution in [1.29, 1.82) is 0 Å². The molecule has 0 saturated carbocycles. The summed E-state index contributed by atoms with van der Waals surface area (Å²) in [6.45, 7) is 0.862. The Morgan fingerprint density at radius 2 is 1.96 bits per heavy atom. The molecule has 2 aromatic carbocycles. The van der Waals surface area contributed by atoms with Gasteiger partial charge in [-0.15, -0.1) is 0 Å². The fourth-order valence-corrected chi connectivity index (χ4v) is 2.93. The third kappa shape index (κ3) is 2.60. The molecule has 0 bridgehead atoms. The van der Waals surface area contributed by atoms with Crippen molar-refractivity contribution in [1.82, 2.24) is 20.0 Å². The first-order valence-corrected chi connectivity index (χ1v) is 7.81. The van der Waals surface area contributed by atoms with Crippen LogP contribution in [-0.2, 0) is 6.54 Å². The van der Waals surface area contributed by atoms with Gasteiger partial charge in [0.15, 0.2) is 0 Å². The number of aromatic amines is 1. The SMILES string of the molecule is CN=Cc1n[nH]nc1-c1ccc2c(ccn2Cc2ccccc2)c1. The zero-order valence-electron chi connectivity index (χ0n) is 13.3. The number of aliphatic imine (C=N–C) groups is 1. The molecule has 5 nitrogen and oxygen atoms in total. The van der Waals surface area contributed by atoms with E-state index in [1.807, 2.05) is 6.07 Å². The molecule has 24 heavy (non-hydrogen) atoms. The molecule has 0 atom stereocenters. The van der Waals surface area contributed by atoms with Crippen LogP contribution in [0.25, 0.3) is 22.2 Å². The molecular weight excluding hydrogens is 298 g/mol. The van der Waals surface area contributed by atoms with E-state index in [2.05, 4.69) is 79.7 Å². The minimum atomic E-state index is 0.751. The van der Waals surface area contributed by atoms with Gasteiger partial charge in [0.1, 0.15) is 11.4 Å². The van der Waals surface area contributed by atoms with Crippen LogP contribution in [0.4, 0.5) is 0 Å². The van der Waals surface area contributed by atoms with Gasteiger partial charge in [-0.1, -0.05) is 36.4 Å². The first-order valence-electron chi connectivity index (χ1n) is 7.81. The number of hydrogen-bond acceptors (Lipinski definition) is 3. The van der Waals surface area contributed by atoms with Gasteiger partial charge in [0, 0.05) is 36.3 Å². The Bertz CT molecular complexity index is 995. The summed E-state index contributed by atoms with van der Waals surface area (Å²) in [5.41, 5.74) is 5.09. The van der Waals surface area contributed by atoms with Crippen LogP contribution >= 0.6 is 0 Å². The molecular formula is C19H17N5. The van der Waals surface area contributed by atoms with Crippen molar-refractivity contribution in [3.63, 3.8) is 0 Å². The third-order valence-corrected chi connectivity index (χ3v) is 4.07. The van der Waals surface area contributed by atoms with Crippen LogP contribution in [0.2, 0.25) is 0 Å². The summed E-state index contributed by atoms with van der Waals surface area (Å²) in [5, 5.41) is 12.2. The lowest BCUT2D eigenvalue weighted by molar-refractivity contribution is 0.837. The highest BCUT2D eigenvalue weighted by atomic mass is 15.3. The van der Waals surface area contributed by atoms with E-state index < -0.39 is 0 Å². The highest BCUT2D eigenvalue weighted by Gasteiger charge is 2.10. The predicted octanol–water partition coefficient (Wildman–Crippen LogP) is 3.52. The number of hydrogen-bond donors (Lipinski definition) is 1. The minimum absolute atomic E-state index is 0.751. The molecule has 5 heteroatoms. The monoisotopic (exact) mass is 315 g/mol. The van der Waals surface area contributed by atoms with E-state index in [0.717, 1.165) is 23.5 Å². The number of H-pyrrole nitrogens is 1. The van der Waals surface area contributed by atoms with Crippen LogP contribution in [0, 0.1) is 0 Å². The standard InChI is InChI=1S/C19H17N5/c1-20-12-17-19(22-23-21-17)16-7-8-18-15(11-16)9-10-24(18)13-14-5-3-2-4-6-14/h2-12H,13H2,1H3,(H,21,22,23). The van der Waals surface area contributed by atoms with Crippen molar-refractivity contribution in [3.05, 3.63) is 72.1 Å². The molecule has 118 valence electrons.